The molecule has 0 N–H and O–H groups in total. The summed E-state index contributed by atoms with van der Waals surface area (Å²) in [6.07, 6.45) is 1.88. The average Bonchev–Trinajstić information content (AvgIpc) is 3.02. The van der Waals surface area contributed by atoms with E-state index in [4.69, 9.17) is 9.47 Å². The molecule has 0 aliphatic carbocycles. The van der Waals surface area contributed by atoms with Gasteiger partial charge in [-0.3, -0.25) is 14.7 Å². The van der Waals surface area contributed by atoms with Crippen molar-refractivity contribution in [3.8, 4) is 11.5 Å². The summed E-state index contributed by atoms with van der Waals surface area (Å²) in [6.45, 7) is 10.5. The van der Waals surface area contributed by atoms with Crippen LogP contribution in [0.5, 0.6) is 11.5 Å². The molecule has 0 unspecified atom stereocenters. The van der Waals surface area contributed by atoms with Crippen molar-refractivity contribution in [2.75, 3.05) is 7.11 Å². The van der Waals surface area contributed by atoms with Crippen molar-refractivity contribution in [1.82, 2.24) is 4.90 Å². The number of benzene rings is 2. The molecule has 1 aliphatic rings. The SMILES string of the molecule is COc1cc(/C=C2/SC(=NC(C)C)N(C(C)C)C2=O)c(Br)cc1OCc1cccc(C)c1. The van der Waals surface area contributed by atoms with E-state index in [1.165, 1.54) is 17.3 Å². The van der Waals surface area contributed by atoms with E-state index in [1.807, 2.05) is 58.0 Å². The highest BCUT2D eigenvalue weighted by Gasteiger charge is 2.35. The molecule has 0 aromatic heterocycles. The first-order chi connectivity index (χ1) is 15.2. The largest absolute Gasteiger partial charge is 0.493 e. The Balaban J connectivity index is 1.88. The van der Waals surface area contributed by atoms with Gasteiger partial charge in [0.2, 0.25) is 0 Å². The lowest BCUT2D eigenvalue weighted by Gasteiger charge is -2.20. The number of thioether (sulfide) groups is 1. The van der Waals surface area contributed by atoms with Gasteiger partial charge in [-0.25, -0.2) is 0 Å². The Morgan fingerprint density at radius 3 is 2.53 bits per heavy atom. The van der Waals surface area contributed by atoms with Crippen molar-refractivity contribution in [3.63, 3.8) is 0 Å². The summed E-state index contributed by atoms with van der Waals surface area (Å²) in [5.74, 6) is 1.22. The molecular formula is C25H29BrN2O3S. The fraction of sp³-hybridized carbons (Fsp3) is 0.360. The quantitative estimate of drug-likeness (QED) is 0.397. The number of amides is 1. The summed E-state index contributed by atoms with van der Waals surface area (Å²) in [5.41, 5.74) is 3.12. The van der Waals surface area contributed by atoms with Gasteiger partial charge in [0.25, 0.3) is 5.91 Å². The molecule has 1 saturated heterocycles. The number of nitrogens with zero attached hydrogens (tertiary/aromatic N) is 2. The Kier molecular flexibility index (Phi) is 8.06. The lowest BCUT2D eigenvalue weighted by molar-refractivity contribution is -0.123. The van der Waals surface area contributed by atoms with Crippen molar-refractivity contribution in [3.05, 3.63) is 62.5 Å². The Labute approximate surface area is 203 Å². The number of aliphatic imine (C=N–C) groups is 1. The minimum Gasteiger partial charge on any atom is -0.493 e. The summed E-state index contributed by atoms with van der Waals surface area (Å²) in [7, 11) is 1.61. The van der Waals surface area contributed by atoms with Crippen molar-refractivity contribution < 1.29 is 14.3 Å². The van der Waals surface area contributed by atoms with Crippen molar-refractivity contribution in [1.29, 1.82) is 0 Å². The molecule has 0 radical (unpaired) electrons. The lowest BCUT2D eigenvalue weighted by atomic mass is 10.1. The highest BCUT2D eigenvalue weighted by molar-refractivity contribution is 9.10. The molecular weight excluding hydrogens is 488 g/mol. The van der Waals surface area contributed by atoms with E-state index in [0.29, 0.717) is 23.0 Å². The van der Waals surface area contributed by atoms with Crippen LogP contribution < -0.4 is 9.47 Å². The smallest absolute Gasteiger partial charge is 0.266 e. The second kappa shape index (κ2) is 10.6. The van der Waals surface area contributed by atoms with Crippen molar-refractivity contribution in [2.45, 2.75) is 53.3 Å². The molecule has 0 atom stereocenters. The van der Waals surface area contributed by atoms with Gasteiger partial charge in [0, 0.05) is 16.6 Å². The molecule has 0 saturated carbocycles. The van der Waals surface area contributed by atoms with Gasteiger partial charge in [-0.2, -0.15) is 0 Å². The van der Waals surface area contributed by atoms with Crippen LogP contribution in [0.3, 0.4) is 0 Å². The molecule has 170 valence electrons. The number of rotatable bonds is 7. The molecule has 0 spiro atoms. The van der Waals surface area contributed by atoms with Crippen LogP contribution >= 0.6 is 27.7 Å². The summed E-state index contributed by atoms with van der Waals surface area (Å²) >= 11 is 5.04. The zero-order chi connectivity index (χ0) is 23.4. The number of amidine groups is 1. The average molecular weight is 517 g/mol. The van der Waals surface area contributed by atoms with Crippen molar-refractivity contribution in [2.24, 2.45) is 4.99 Å². The molecule has 1 heterocycles. The number of methoxy groups -OCH3 is 1. The van der Waals surface area contributed by atoms with E-state index < -0.39 is 0 Å². The predicted molar refractivity (Wildman–Crippen MR) is 136 cm³/mol. The van der Waals surface area contributed by atoms with Crippen LogP contribution in [-0.2, 0) is 11.4 Å². The van der Waals surface area contributed by atoms with E-state index >= 15 is 0 Å². The Bertz CT molecular complexity index is 1060. The fourth-order valence-electron chi connectivity index (χ4n) is 3.29. The first-order valence-electron chi connectivity index (χ1n) is 10.6. The zero-order valence-corrected chi connectivity index (χ0v) is 21.7. The van der Waals surface area contributed by atoms with Gasteiger partial charge in [-0.15, -0.1) is 0 Å². The lowest BCUT2D eigenvalue weighted by Crippen LogP contribution is -2.35. The first-order valence-corrected chi connectivity index (χ1v) is 12.2. The van der Waals surface area contributed by atoms with Crippen molar-refractivity contribution >= 4 is 44.8 Å². The van der Waals surface area contributed by atoms with Gasteiger partial charge in [-0.05, 0) is 75.7 Å². The van der Waals surface area contributed by atoms with Gasteiger partial charge in [0.1, 0.15) is 6.61 Å². The molecule has 2 aromatic rings. The highest BCUT2D eigenvalue weighted by Crippen LogP contribution is 2.39. The van der Waals surface area contributed by atoms with Crippen LogP contribution in [0.25, 0.3) is 6.08 Å². The third-order valence-corrected chi connectivity index (χ3v) is 6.45. The molecule has 1 fully saturated rings. The van der Waals surface area contributed by atoms with Crippen LogP contribution in [0, 0.1) is 6.92 Å². The van der Waals surface area contributed by atoms with E-state index in [1.54, 1.807) is 12.0 Å². The number of hydrogen-bond donors (Lipinski definition) is 0. The third kappa shape index (κ3) is 5.75. The van der Waals surface area contributed by atoms with Gasteiger partial charge in [0.05, 0.1) is 12.0 Å². The predicted octanol–water partition coefficient (Wildman–Crippen LogP) is 6.43. The van der Waals surface area contributed by atoms with Crippen LogP contribution in [0.1, 0.15) is 44.4 Å². The van der Waals surface area contributed by atoms with Crippen LogP contribution in [0.15, 0.2) is 50.8 Å². The number of carbonyl (C=O) groups excluding carboxylic acids is 1. The second-order valence-electron chi connectivity index (χ2n) is 8.19. The number of halogens is 1. The summed E-state index contributed by atoms with van der Waals surface area (Å²) in [4.78, 5) is 20.1. The molecule has 3 rings (SSSR count). The molecule has 1 amide bonds. The minimum absolute atomic E-state index is 0.0324. The number of aryl methyl sites for hydroxylation is 1. The zero-order valence-electron chi connectivity index (χ0n) is 19.3. The summed E-state index contributed by atoms with van der Waals surface area (Å²) < 4.78 is 12.4. The first kappa shape index (κ1) is 24.4. The van der Waals surface area contributed by atoms with E-state index in [9.17, 15) is 4.79 Å². The molecule has 32 heavy (non-hydrogen) atoms. The van der Waals surface area contributed by atoms with Crippen LogP contribution in [0.2, 0.25) is 0 Å². The van der Waals surface area contributed by atoms with Crippen LogP contribution in [0.4, 0.5) is 0 Å². The van der Waals surface area contributed by atoms with Gasteiger partial charge in [-0.1, -0.05) is 45.8 Å². The molecule has 5 nitrogen and oxygen atoms in total. The Hall–Kier alpha value is -2.25. The molecule has 2 aromatic carbocycles. The monoisotopic (exact) mass is 516 g/mol. The van der Waals surface area contributed by atoms with Gasteiger partial charge < -0.3 is 9.47 Å². The number of hydrogen-bond acceptors (Lipinski definition) is 5. The highest BCUT2D eigenvalue weighted by atomic mass is 79.9. The number of carbonyl (C=O) groups is 1. The molecule has 1 aliphatic heterocycles. The van der Waals surface area contributed by atoms with Crippen LogP contribution in [-0.4, -0.2) is 35.2 Å². The maximum absolute atomic E-state index is 13.0. The minimum atomic E-state index is -0.0324. The molecule has 0 bridgehead atoms. The standard InChI is InChI=1S/C25H29BrN2O3S/c1-15(2)27-25-28(16(3)4)24(29)23(32-25)12-19-11-21(30-6)22(13-20(19)26)31-14-18-9-7-8-17(5)10-18/h7-13,15-16H,14H2,1-6H3/b23-12+,27-25?. The topological polar surface area (TPSA) is 51.1 Å². The van der Waals surface area contributed by atoms with Gasteiger partial charge >= 0.3 is 0 Å². The van der Waals surface area contributed by atoms with E-state index in [2.05, 4.69) is 40.0 Å². The fourth-order valence-corrected chi connectivity index (χ4v) is 4.95. The van der Waals surface area contributed by atoms with Gasteiger partial charge in [0.15, 0.2) is 16.7 Å². The normalized spacial score (nSPS) is 16.7. The maximum atomic E-state index is 13.0. The second-order valence-corrected chi connectivity index (χ2v) is 10.1. The maximum Gasteiger partial charge on any atom is 0.266 e. The Morgan fingerprint density at radius 1 is 1.16 bits per heavy atom. The van der Waals surface area contributed by atoms with E-state index in [-0.39, 0.29) is 18.0 Å². The van der Waals surface area contributed by atoms with E-state index in [0.717, 1.165) is 20.8 Å². The summed E-state index contributed by atoms with van der Waals surface area (Å²) in [6, 6.07) is 12.1. The third-order valence-electron chi connectivity index (χ3n) is 4.77. The summed E-state index contributed by atoms with van der Waals surface area (Å²) in [5, 5.41) is 0.743. The number of ether oxygens (including phenoxy) is 2. The Morgan fingerprint density at radius 2 is 1.91 bits per heavy atom. The molecule has 7 heteroatoms.